The van der Waals surface area contributed by atoms with Gasteiger partial charge in [0.1, 0.15) is 5.82 Å². The molecule has 0 atom stereocenters. The van der Waals surface area contributed by atoms with Gasteiger partial charge in [-0.15, -0.1) is 0 Å². The maximum atomic E-state index is 5.59. The summed E-state index contributed by atoms with van der Waals surface area (Å²) in [5.74, 6) is 0.827. The highest BCUT2D eigenvalue weighted by Crippen LogP contribution is 2.28. The second-order valence-electron chi connectivity index (χ2n) is 2.78. The van der Waals surface area contributed by atoms with Crippen LogP contribution in [0.5, 0.6) is 0 Å². The molecule has 0 bridgehead atoms. The van der Waals surface area contributed by atoms with Crippen LogP contribution in [0.4, 0.5) is 5.69 Å². The van der Waals surface area contributed by atoms with Crippen LogP contribution in [-0.4, -0.2) is 9.36 Å². The van der Waals surface area contributed by atoms with Crippen molar-refractivity contribution in [1.29, 1.82) is 0 Å². The van der Waals surface area contributed by atoms with E-state index in [-0.39, 0.29) is 0 Å². The number of rotatable bonds is 2. The van der Waals surface area contributed by atoms with Gasteiger partial charge in [-0.2, -0.15) is 4.37 Å². The number of aryl methyl sites for hydroxylation is 1. The fourth-order valence-electron chi connectivity index (χ4n) is 0.956. The van der Waals surface area contributed by atoms with E-state index in [0.717, 1.165) is 20.7 Å². The van der Waals surface area contributed by atoms with Crippen molar-refractivity contribution in [2.75, 3.05) is 5.73 Å². The molecule has 0 aliphatic carbocycles. The van der Waals surface area contributed by atoms with Gasteiger partial charge in [-0.05, 0) is 42.7 Å². The van der Waals surface area contributed by atoms with Gasteiger partial charge in [0.15, 0.2) is 4.34 Å². The van der Waals surface area contributed by atoms with E-state index in [9.17, 15) is 0 Å². The van der Waals surface area contributed by atoms with Crippen molar-refractivity contribution in [3.8, 4) is 0 Å². The molecule has 1 aromatic carbocycles. The van der Waals surface area contributed by atoms with Crippen molar-refractivity contribution in [2.24, 2.45) is 0 Å². The standard InChI is InChI=1S/C9H9N3S2/c1-6-11-9(14-12-6)13-8-4-2-7(10)3-5-8/h2-5H,10H2,1H3. The summed E-state index contributed by atoms with van der Waals surface area (Å²) in [6, 6.07) is 7.74. The smallest absolute Gasteiger partial charge is 0.174 e. The second kappa shape index (κ2) is 3.98. The van der Waals surface area contributed by atoms with Crippen LogP contribution in [0.2, 0.25) is 0 Å². The maximum absolute atomic E-state index is 5.59. The van der Waals surface area contributed by atoms with E-state index < -0.39 is 0 Å². The highest BCUT2D eigenvalue weighted by molar-refractivity contribution is 8.01. The van der Waals surface area contributed by atoms with Crippen LogP contribution in [0, 0.1) is 6.92 Å². The van der Waals surface area contributed by atoms with Crippen LogP contribution in [0.15, 0.2) is 33.5 Å². The van der Waals surface area contributed by atoms with Gasteiger partial charge in [0.25, 0.3) is 0 Å². The lowest BCUT2D eigenvalue weighted by atomic mass is 10.3. The van der Waals surface area contributed by atoms with Gasteiger partial charge in [0, 0.05) is 10.6 Å². The van der Waals surface area contributed by atoms with Crippen LogP contribution in [0.25, 0.3) is 0 Å². The molecule has 0 radical (unpaired) electrons. The Kier molecular flexibility index (Phi) is 2.69. The Labute approximate surface area is 90.5 Å². The zero-order valence-corrected chi connectivity index (χ0v) is 9.23. The van der Waals surface area contributed by atoms with Crippen LogP contribution < -0.4 is 5.73 Å². The molecule has 72 valence electrons. The summed E-state index contributed by atoms with van der Waals surface area (Å²) in [5, 5.41) is 0. The normalized spacial score (nSPS) is 10.4. The van der Waals surface area contributed by atoms with Gasteiger partial charge in [-0.25, -0.2) is 4.98 Å². The van der Waals surface area contributed by atoms with Crippen molar-refractivity contribution >= 4 is 29.0 Å². The summed E-state index contributed by atoms with van der Waals surface area (Å²) in [6.07, 6.45) is 0. The molecule has 3 nitrogen and oxygen atoms in total. The second-order valence-corrected chi connectivity index (χ2v) is 4.85. The molecular weight excluding hydrogens is 214 g/mol. The van der Waals surface area contributed by atoms with E-state index in [1.165, 1.54) is 11.5 Å². The first-order chi connectivity index (χ1) is 6.74. The lowest BCUT2D eigenvalue weighted by molar-refractivity contribution is 1.10. The molecule has 0 fully saturated rings. The Bertz CT molecular complexity index is 422. The summed E-state index contributed by atoms with van der Waals surface area (Å²) in [6.45, 7) is 1.89. The molecule has 1 heterocycles. The summed E-state index contributed by atoms with van der Waals surface area (Å²) >= 11 is 3.03. The molecule has 5 heteroatoms. The number of benzene rings is 1. The van der Waals surface area contributed by atoms with E-state index in [0.29, 0.717) is 0 Å². The van der Waals surface area contributed by atoms with Gasteiger partial charge >= 0.3 is 0 Å². The fraction of sp³-hybridized carbons (Fsp3) is 0.111. The number of nitrogen functional groups attached to an aromatic ring is 1. The monoisotopic (exact) mass is 223 g/mol. The van der Waals surface area contributed by atoms with Crippen molar-refractivity contribution in [3.63, 3.8) is 0 Å². The van der Waals surface area contributed by atoms with Crippen LogP contribution in [0.3, 0.4) is 0 Å². The predicted molar refractivity (Wildman–Crippen MR) is 59.6 cm³/mol. The number of hydrogen-bond acceptors (Lipinski definition) is 5. The van der Waals surface area contributed by atoms with Gasteiger partial charge in [-0.1, -0.05) is 11.8 Å². The van der Waals surface area contributed by atoms with Crippen LogP contribution in [-0.2, 0) is 0 Å². The minimum absolute atomic E-state index is 0.780. The SMILES string of the molecule is Cc1nsc(Sc2ccc(N)cc2)n1. The third-order valence-electron chi connectivity index (χ3n) is 1.59. The minimum atomic E-state index is 0.780. The molecule has 2 rings (SSSR count). The zero-order valence-electron chi connectivity index (χ0n) is 7.60. The van der Waals surface area contributed by atoms with Crippen molar-refractivity contribution in [3.05, 3.63) is 30.1 Å². The quantitative estimate of drug-likeness (QED) is 0.795. The largest absolute Gasteiger partial charge is 0.399 e. The third kappa shape index (κ3) is 2.24. The molecule has 0 spiro atoms. The molecule has 0 aliphatic rings. The average Bonchev–Trinajstić information content (AvgIpc) is 2.56. The molecule has 14 heavy (non-hydrogen) atoms. The van der Waals surface area contributed by atoms with E-state index >= 15 is 0 Å². The Morgan fingerprint density at radius 2 is 2.00 bits per heavy atom. The predicted octanol–water partition coefficient (Wildman–Crippen LogP) is 2.58. The van der Waals surface area contributed by atoms with Gasteiger partial charge < -0.3 is 5.73 Å². The van der Waals surface area contributed by atoms with Gasteiger partial charge in [0.2, 0.25) is 0 Å². The third-order valence-corrected chi connectivity index (χ3v) is 3.44. The first-order valence-corrected chi connectivity index (χ1v) is 5.67. The van der Waals surface area contributed by atoms with Gasteiger partial charge in [-0.3, -0.25) is 0 Å². The molecular formula is C9H9N3S2. The summed E-state index contributed by atoms with van der Waals surface area (Å²) < 4.78 is 5.08. The highest BCUT2D eigenvalue weighted by atomic mass is 32.2. The molecule has 2 aromatic rings. The Hall–Kier alpha value is -1.07. The molecule has 0 aliphatic heterocycles. The lowest BCUT2D eigenvalue weighted by Crippen LogP contribution is -1.82. The molecule has 1 aromatic heterocycles. The Balaban J connectivity index is 2.15. The van der Waals surface area contributed by atoms with E-state index in [2.05, 4.69) is 9.36 Å². The maximum Gasteiger partial charge on any atom is 0.174 e. The zero-order chi connectivity index (χ0) is 9.97. The first kappa shape index (κ1) is 9.48. The average molecular weight is 223 g/mol. The number of nitrogens with zero attached hydrogens (tertiary/aromatic N) is 2. The lowest BCUT2D eigenvalue weighted by Gasteiger charge is -1.96. The van der Waals surface area contributed by atoms with E-state index in [4.69, 9.17) is 5.73 Å². The van der Waals surface area contributed by atoms with Crippen molar-refractivity contribution in [1.82, 2.24) is 9.36 Å². The van der Waals surface area contributed by atoms with E-state index in [1.54, 1.807) is 11.8 Å². The molecule has 2 N–H and O–H groups in total. The molecule has 0 amide bonds. The molecule has 0 saturated heterocycles. The number of anilines is 1. The first-order valence-electron chi connectivity index (χ1n) is 4.08. The topological polar surface area (TPSA) is 51.8 Å². The summed E-state index contributed by atoms with van der Waals surface area (Å²) in [5.41, 5.74) is 6.37. The molecule has 0 unspecified atom stereocenters. The van der Waals surface area contributed by atoms with Crippen molar-refractivity contribution in [2.45, 2.75) is 16.2 Å². The summed E-state index contributed by atoms with van der Waals surface area (Å²) in [7, 11) is 0. The van der Waals surface area contributed by atoms with Crippen molar-refractivity contribution < 1.29 is 0 Å². The Morgan fingerprint density at radius 1 is 1.29 bits per heavy atom. The van der Waals surface area contributed by atoms with E-state index in [1.807, 2.05) is 31.2 Å². The number of nitrogens with two attached hydrogens (primary N) is 1. The Morgan fingerprint density at radius 3 is 2.57 bits per heavy atom. The number of aromatic nitrogens is 2. The van der Waals surface area contributed by atoms with Crippen LogP contribution in [0.1, 0.15) is 5.82 Å². The fourth-order valence-corrected chi connectivity index (χ4v) is 2.58. The number of hydrogen-bond donors (Lipinski definition) is 1. The highest BCUT2D eigenvalue weighted by Gasteiger charge is 2.02. The molecule has 0 saturated carbocycles. The summed E-state index contributed by atoms with van der Waals surface area (Å²) in [4.78, 5) is 5.40. The minimum Gasteiger partial charge on any atom is -0.399 e. The van der Waals surface area contributed by atoms with Gasteiger partial charge in [0.05, 0.1) is 0 Å². The van der Waals surface area contributed by atoms with Crippen LogP contribution >= 0.6 is 23.3 Å².